The van der Waals surface area contributed by atoms with Crippen LogP contribution in [0.1, 0.15) is 30.0 Å². The third kappa shape index (κ3) is 3.24. The molecule has 6 heteroatoms. The highest BCUT2D eigenvalue weighted by molar-refractivity contribution is 5.82. The Labute approximate surface area is 157 Å². The van der Waals surface area contributed by atoms with E-state index in [4.69, 9.17) is 0 Å². The lowest BCUT2D eigenvalue weighted by Crippen LogP contribution is -2.32. The molecule has 1 aliphatic heterocycles. The summed E-state index contributed by atoms with van der Waals surface area (Å²) in [6.07, 6.45) is 6.32. The number of hydrogen-bond donors (Lipinski definition) is 1. The topological polar surface area (TPSA) is 62.6 Å². The van der Waals surface area contributed by atoms with Gasteiger partial charge in [0.15, 0.2) is 0 Å². The lowest BCUT2D eigenvalue weighted by Gasteiger charge is -2.31. The highest BCUT2D eigenvalue weighted by Gasteiger charge is 2.23. The van der Waals surface area contributed by atoms with Crippen molar-refractivity contribution in [2.24, 2.45) is 0 Å². The highest BCUT2D eigenvalue weighted by Crippen LogP contribution is 2.32. The smallest absolute Gasteiger partial charge is 0.0971 e. The Morgan fingerprint density at radius 3 is 2.70 bits per heavy atom. The number of benzene rings is 2. The second-order valence-corrected chi connectivity index (χ2v) is 7.22. The SMILES string of the molecule is c1ccc(-n2cc(CN3CCC(c4cccc5[nH]ncc45)CC3)nn2)cc1. The van der Waals surface area contributed by atoms with Crippen LogP contribution < -0.4 is 0 Å². The normalized spacial score (nSPS) is 16.1. The first-order chi connectivity index (χ1) is 13.4. The predicted octanol–water partition coefficient (Wildman–Crippen LogP) is 3.52. The number of piperidine rings is 1. The Bertz CT molecular complexity index is 1030. The molecule has 3 heterocycles. The van der Waals surface area contributed by atoms with Gasteiger partial charge in [-0.1, -0.05) is 35.5 Å². The molecule has 1 fully saturated rings. The fourth-order valence-electron chi connectivity index (χ4n) is 4.06. The summed E-state index contributed by atoms with van der Waals surface area (Å²) in [5.41, 5.74) is 4.63. The van der Waals surface area contributed by atoms with Gasteiger partial charge in [0.2, 0.25) is 0 Å². The monoisotopic (exact) mass is 358 g/mol. The average Bonchev–Trinajstić information content (AvgIpc) is 3.38. The average molecular weight is 358 g/mol. The number of hydrogen-bond acceptors (Lipinski definition) is 4. The van der Waals surface area contributed by atoms with Gasteiger partial charge < -0.3 is 0 Å². The van der Waals surface area contributed by atoms with Gasteiger partial charge in [-0.05, 0) is 55.6 Å². The van der Waals surface area contributed by atoms with E-state index in [9.17, 15) is 0 Å². The summed E-state index contributed by atoms with van der Waals surface area (Å²) in [5.74, 6) is 0.600. The predicted molar refractivity (Wildman–Crippen MR) is 105 cm³/mol. The van der Waals surface area contributed by atoms with E-state index in [1.165, 1.54) is 10.9 Å². The van der Waals surface area contributed by atoms with E-state index in [0.29, 0.717) is 5.92 Å². The van der Waals surface area contributed by atoms with Gasteiger partial charge >= 0.3 is 0 Å². The van der Waals surface area contributed by atoms with Gasteiger partial charge in [0.25, 0.3) is 0 Å². The van der Waals surface area contributed by atoms with Gasteiger partial charge in [0.1, 0.15) is 0 Å². The molecular weight excluding hydrogens is 336 g/mol. The Balaban J connectivity index is 1.24. The Morgan fingerprint density at radius 1 is 1.00 bits per heavy atom. The van der Waals surface area contributed by atoms with Crippen molar-refractivity contribution < 1.29 is 0 Å². The highest BCUT2D eigenvalue weighted by atomic mass is 15.4. The molecule has 0 spiro atoms. The maximum atomic E-state index is 4.36. The van der Waals surface area contributed by atoms with Crippen LogP contribution in [0.25, 0.3) is 16.6 Å². The standard InChI is InChI=1S/C21H22N6/c1-2-5-18(6-3-1)27-15-17(23-25-27)14-26-11-9-16(10-12-26)19-7-4-8-21-20(19)13-22-24-21/h1-8,13,15-16H,9-12,14H2,(H,22,24). The quantitative estimate of drug-likeness (QED) is 0.606. The first-order valence-electron chi connectivity index (χ1n) is 9.48. The molecule has 2 aromatic heterocycles. The zero-order valence-electron chi connectivity index (χ0n) is 15.1. The molecule has 27 heavy (non-hydrogen) atoms. The molecule has 0 radical (unpaired) electrons. The zero-order chi connectivity index (χ0) is 18.1. The Morgan fingerprint density at radius 2 is 1.85 bits per heavy atom. The molecule has 4 aromatic rings. The third-order valence-electron chi connectivity index (χ3n) is 5.49. The van der Waals surface area contributed by atoms with Crippen LogP contribution in [0.5, 0.6) is 0 Å². The van der Waals surface area contributed by atoms with Gasteiger partial charge in [0, 0.05) is 11.9 Å². The fraction of sp³-hybridized carbons (Fsp3) is 0.286. The van der Waals surface area contributed by atoms with Gasteiger partial charge in [-0.25, -0.2) is 4.68 Å². The summed E-state index contributed by atoms with van der Waals surface area (Å²) < 4.78 is 1.85. The molecule has 0 unspecified atom stereocenters. The lowest BCUT2D eigenvalue weighted by atomic mass is 9.87. The van der Waals surface area contributed by atoms with Crippen LogP contribution in [-0.4, -0.2) is 43.2 Å². The third-order valence-corrected chi connectivity index (χ3v) is 5.49. The van der Waals surface area contributed by atoms with Gasteiger partial charge in [0.05, 0.1) is 29.3 Å². The number of aromatic amines is 1. The van der Waals surface area contributed by atoms with E-state index in [0.717, 1.165) is 49.4 Å². The van der Waals surface area contributed by atoms with Crippen molar-refractivity contribution in [2.45, 2.75) is 25.3 Å². The molecule has 0 atom stereocenters. The lowest BCUT2D eigenvalue weighted by molar-refractivity contribution is 0.203. The van der Waals surface area contributed by atoms with Crippen molar-refractivity contribution in [2.75, 3.05) is 13.1 Å². The number of H-pyrrole nitrogens is 1. The molecular formula is C21H22N6. The van der Waals surface area contributed by atoms with Gasteiger partial charge in [-0.3, -0.25) is 10.00 Å². The molecule has 2 aromatic carbocycles. The maximum Gasteiger partial charge on any atom is 0.0971 e. The second-order valence-electron chi connectivity index (χ2n) is 7.22. The molecule has 1 saturated heterocycles. The summed E-state index contributed by atoms with van der Waals surface area (Å²) in [5, 5.41) is 17.2. The van der Waals surface area contributed by atoms with Crippen molar-refractivity contribution >= 4 is 10.9 Å². The fourth-order valence-corrected chi connectivity index (χ4v) is 4.06. The summed E-state index contributed by atoms with van der Waals surface area (Å²) in [4.78, 5) is 2.48. The van der Waals surface area contributed by atoms with E-state index >= 15 is 0 Å². The van der Waals surface area contributed by atoms with Crippen molar-refractivity contribution in [1.29, 1.82) is 0 Å². The van der Waals surface area contributed by atoms with Crippen LogP contribution in [0.3, 0.4) is 0 Å². The number of rotatable bonds is 4. The number of fused-ring (bicyclic) bond motifs is 1. The molecule has 0 aliphatic carbocycles. The number of nitrogens with zero attached hydrogens (tertiary/aromatic N) is 5. The molecule has 6 nitrogen and oxygen atoms in total. The van der Waals surface area contributed by atoms with Crippen LogP contribution in [0.2, 0.25) is 0 Å². The van der Waals surface area contributed by atoms with E-state index in [1.807, 2.05) is 47.4 Å². The minimum atomic E-state index is 0.600. The first kappa shape index (κ1) is 16.2. The summed E-state index contributed by atoms with van der Waals surface area (Å²) in [7, 11) is 0. The Kier molecular flexibility index (Phi) is 4.18. The van der Waals surface area contributed by atoms with Crippen molar-refractivity contribution in [1.82, 2.24) is 30.1 Å². The molecule has 0 saturated carbocycles. The van der Waals surface area contributed by atoms with Crippen molar-refractivity contribution in [3.63, 3.8) is 0 Å². The zero-order valence-corrected chi connectivity index (χ0v) is 15.1. The molecule has 0 bridgehead atoms. The van der Waals surface area contributed by atoms with Crippen molar-refractivity contribution in [3.05, 3.63) is 72.2 Å². The van der Waals surface area contributed by atoms with Gasteiger partial charge in [-0.15, -0.1) is 5.10 Å². The van der Waals surface area contributed by atoms with Crippen molar-refractivity contribution in [3.8, 4) is 5.69 Å². The van der Waals surface area contributed by atoms with E-state index < -0.39 is 0 Å². The largest absolute Gasteiger partial charge is 0.297 e. The minimum absolute atomic E-state index is 0.600. The van der Waals surface area contributed by atoms with Crippen LogP contribution >= 0.6 is 0 Å². The van der Waals surface area contributed by atoms with Crippen LogP contribution in [-0.2, 0) is 6.54 Å². The number of likely N-dealkylation sites (tertiary alicyclic amines) is 1. The number of nitrogens with one attached hydrogen (secondary N) is 1. The van der Waals surface area contributed by atoms with Crippen LogP contribution in [0.4, 0.5) is 0 Å². The minimum Gasteiger partial charge on any atom is -0.297 e. The number of para-hydroxylation sites is 1. The van der Waals surface area contributed by atoms with E-state index in [2.05, 4.69) is 43.6 Å². The first-order valence-corrected chi connectivity index (χ1v) is 9.48. The second kappa shape index (κ2) is 6.96. The molecule has 5 rings (SSSR count). The van der Waals surface area contributed by atoms with Crippen LogP contribution in [0.15, 0.2) is 60.9 Å². The summed E-state index contributed by atoms with van der Waals surface area (Å²) in [6, 6.07) is 16.6. The molecule has 136 valence electrons. The Hall–Kier alpha value is -2.99. The van der Waals surface area contributed by atoms with E-state index in [1.54, 1.807) is 0 Å². The summed E-state index contributed by atoms with van der Waals surface area (Å²) >= 11 is 0. The van der Waals surface area contributed by atoms with E-state index in [-0.39, 0.29) is 0 Å². The number of aromatic nitrogens is 5. The molecule has 0 amide bonds. The maximum absolute atomic E-state index is 4.36. The van der Waals surface area contributed by atoms with Crippen LogP contribution in [0, 0.1) is 0 Å². The molecule has 1 N–H and O–H groups in total. The van der Waals surface area contributed by atoms with Gasteiger partial charge in [-0.2, -0.15) is 5.10 Å². The summed E-state index contributed by atoms with van der Waals surface area (Å²) in [6.45, 7) is 3.02. The molecule has 1 aliphatic rings.